The number of rotatable bonds is 4. The first-order valence-corrected chi connectivity index (χ1v) is 8.56. The molecule has 2 heterocycles. The van der Waals surface area contributed by atoms with Gasteiger partial charge in [-0.15, -0.1) is 0 Å². The number of amides is 3. The Morgan fingerprint density at radius 3 is 2.84 bits per heavy atom. The van der Waals surface area contributed by atoms with Crippen molar-refractivity contribution >= 4 is 11.9 Å². The van der Waals surface area contributed by atoms with Crippen molar-refractivity contribution in [2.45, 2.75) is 38.3 Å². The molecule has 1 aromatic heterocycles. The Morgan fingerprint density at radius 1 is 1.32 bits per heavy atom. The molecular weight excluding hydrogens is 318 g/mol. The van der Waals surface area contributed by atoms with Gasteiger partial charge in [0, 0.05) is 24.6 Å². The summed E-state index contributed by atoms with van der Waals surface area (Å²) in [6, 6.07) is 6.95. The van der Waals surface area contributed by atoms with Gasteiger partial charge in [0.1, 0.15) is 6.04 Å². The van der Waals surface area contributed by atoms with Crippen LogP contribution in [0.5, 0.6) is 0 Å². The van der Waals surface area contributed by atoms with Crippen LogP contribution < -0.4 is 16.0 Å². The minimum atomic E-state index is -0.460. The molecule has 132 valence electrons. The highest BCUT2D eigenvalue weighted by Gasteiger charge is 2.22. The number of nitrogens with zero attached hydrogens (tertiary/aromatic N) is 2. The minimum Gasteiger partial charge on any atom is -0.354 e. The molecule has 3 N–H and O–H groups in total. The van der Waals surface area contributed by atoms with Gasteiger partial charge >= 0.3 is 6.03 Å². The maximum atomic E-state index is 12.2. The summed E-state index contributed by atoms with van der Waals surface area (Å²) < 4.78 is 1.92. The monoisotopic (exact) mass is 341 g/mol. The minimum absolute atomic E-state index is 0.106. The van der Waals surface area contributed by atoms with Crippen LogP contribution in [0.4, 0.5) is 4.79 Å². The highest BCUT2D eigenvalue weighted by atomic mass is 16.2. The average Bonchev–Trinajstić information content (AvgIpc) is 3.07. The summed E-state index contributed by atoms with van der Waals surface area (Å²) in [6.07, 6.45) is 7.89. The van der Waals surface area contributed by atoms with Gasteiger partial charge in [0.05, 0.1) is 12.4 Å². The fraction of sp³-hybridized carbons (Fsp3) is 0.389. The second-order valence-corrected chi connectivity index (χ2v) is 6.24. The van der Waals surface area contributed by atoms with Gasteiger partial charge in [0.2, 0.25) is 5.91 Å². The van der Waals surface area contributed by atoms with E-state index in [0.717, 1.165) is 24.1 Å². The normalized spacial score (nSPS) is 18.8. The van der Waals surface area contributed by atoms with Gasteiger partial charge in [0.25, 0.3) is 0 Å². The van der Waals surface area contributed by atoms with Crippen LogP contribution >= 0.6 is 0 Å². The molecule has 25 heavy (non-hydrogen) atoms. The van der Waals surface area contributed by atoms with Crippen LogP contribution in [-0.4, -0.2) is 34.1 Å². The van der Waals surface area contributed by atoms with Crippen molar-refractivity contribution in [1.82, 2.24) is 25.5 Å². The van der Waals surface area contributed by atoms with Gasteiger partial charge in [-0.05, 0) is 43.9 Å². The smallest absolute Gasteiger partial charge is 0.315 e. The molecule has 2 unspecified atom stereocenters. The number of hydrogen-bond donors (Lipinski definition) is 3. The number of aromatic nitrogens is 2. The van der Waals surface area contributed by atoms with E-state index in [9.17, 15) is 9.59 Å². The lowest BCUT2D eigenvalue weighted by molar-refractivity contribution is -0.122. The standard InChI is InChI=1S/C18H23N5O2/c1-13(14-5-7-15(8-6-14)23-11-10-19-12-23)21-18(25)22-16-4-2-3-9-20-17(16)24/h5-8,10-13,16H,2-4,9H2,1H3,(H,20,24)(H2,21,22,25). The molecule has 1 aliphatic heterocycles. The van der Waals surface area contributed by atoms with Gasteiger partial charge in [-0.3, -0.25) is 4.79 Å². The molecule has 1 aromatic carbocycles. The van der Waals surface area contributed by atoms with Crippen molar-refractivity contribution in [3.63, 3.8) is 0 Å². The molecular formula is C18H23N5O2. The van der Waals surface area contributed by atoms with E-state index in [1.165, 1.54) is 0 Å². The summed E-state index contributed by atoms with van der Waals surface area (Å²) >= 11 is 0. The van der Waals surface area contributed by atoms with E-state index >= 15 is 0 Å². The van der Waals surface area contributed by atoms with E-state index in [0.29, 0.717) is 13.0 Å². The summed E-state index contributed by atoms with van der Waals surface area (Å²) in [5, 5.41) is 8.47. The molecule has 1 aliphatic rings. The zero-order valence-electron chi connectivity index (χ0n) is 14.2. The van der Waals surface area contributed by atoms with E-state index in [1.807, 2.05) is 42.0 Å². The number of carbonyl (C=O) groups excluding carboxylic acids is 2. The molecule has 7 heteroatoms. The van der Waals surface area contributed by atoms with E-state index < -0.39 is 6.04 Å². The molecule has 0 spiro atoms. The van der Waals surface area contributed by atoms with Crippen molar-refractivity contribution < 1.29 is 9.59 Å². The van der Waals surface area contributed by atoms with Crippen molar-refractivity contribution in [2.75, 3.05) is 6.54 Å². The number of hydrogen-bond acceptors (Lipinski definition) is 3. The van der Waals surface area contributed by atoms with E-state index in [1.54, 1.807) is 12.5 Å². The van der Waals surface area contributed by atoms with Crippen LogP contribution in [0.15, 0.2) is 43.0 Å². The van der Waals surface area contributed by atoms with Crippen LogP contribution in [0.25, 0.3) is 5.69 Å². The molecule has 3 amide bonds. The number of nitrogens with one attached hydrogen (secondary N) is 3. The average molecular weight is 341 g/mol. The van der Waals surface area contributed by atoms with Crippen molar-refractivity contribution in [1.29, 1.82) is 0 Å². The lowest BCUT2D eigenvalue weighted by Crippen LogP contribution is -2.49. The zero-order valence-corrected chi connectivity index (χ0v) is 14.2. The predicted octanol–water partition coefficient (Wildman–Crippen LogP) is 1.90. The SMILES string of the molecule is CC(NC(=O)NC1CCCCNC1=O)c1ccc(-n2ccnc2)cc1. The molecule has 0 saturated carbocycles. The molecule has 0 aliphatic carbocycles. The summed E-state index contributed by atoms with van der Waals surface area (Å²) in [5.74, 6) is -0.106. The van der Waals surface area contributed by atoms with E-state index in [-0.39, 0.29) is 18.0 Å². The lowest BCUT2D eigenvalue weighted by Gasteiger charge is -2.19. The van der Waals surface area contributed by atoms with Crippen LogP contribution in [0.2, 0.25) is 0 Å². The Labute approximate surface area is 146 Å². The molecule has 0 radical (unpaired) electrons. The molecule has 1 fully saturated rings. The number of imidazole rings is 1. The Morgan fingerprint density at radius 2 is 2.12 bits per heavy atom. The largest absolute Gasteiger partial charge is 0.354 e. The lowest BCUT2D eigenvalue weighted by atomic mass is 10.1. The zero-order chi connectivity index (χ0) is 17.6. The van der Waals surface area contributed by atoms with Gasteiger partial charge in [-0.25, -0.2) is 9.78 Å². The van der Waals surface area contributed by atoms with Crippen LogP contribution in [0, 0.1) is 0 Å². The summed E-state index contributed by atoms with van der Waals surface area (Å²) in [5.41, 5.74) is 2.00. The third kappa shape index (κ3) is 4.37. The van der Waals surface area contributed by atoms with E-state index in [2.05, 4.69) is 20.9 Å². The molecule has 1 saturated heterocycles. The molecule has 2 atom stereocenters. The quantitative estimate of drug-likeness (QED) is 0.794. The Hall–Kier alpha value is -2.83. The highest BCUT2D eigenvalue weighted by molar-refractivity contribution is 5.87. The molecule has 0 bridgehead atoms. The first-order valence-electron chi connectivity index (χ1n) is 8.56. The van der Waals surface area contributed by atoms with Gasteiger partial charge in [-0.2, -0.15) is 0 Å². The molecule has 2 aromatic rings. The Bertz CT molecular complexity index is 712. The first-order chi connectivity index (χ1) is 12.1. The number of carbonyl (C=O) groups is 2. The van der Waals surface area contributed by atoms with Crippen molar-refractivity contribution in [2.24, 2.45) is 0 Å². The first kappa shape index (κ1) is 17.0. The maximum Gasteiger partial charge on any atom is 0.315 e. The fourth-order valence-corrected chi connectivity index (χ4v) is 2.90. The Kier molecular flexibility index (Phi) is 5.33. The van der Waals surface area contributed by atoms with Crippen LogP contribution in [0.3, 0.4) is 0 Å². The third-order valence-electron chi connectivity index (χ3n) is 4.38. The van der Waals surface area contributed by atoms with Crippen molar-refractivity contribution in [3.05, 3.63) is 48.5 Å². The molecule has 3 rings (SSSR count). The van der Waals surface area contributed by atoms with Crippen LogP contribution in [-0.2, 0) is 4.79 Å². The summed E-state index contributed by atoms with van der Waals surface area (Å²) in [7, 11) is 0. The third-order valence-corrected chi connectivity index (χ3v) is 4.38. The highest BCUT2D eigenvalue weighted by Crippen LogP contribution is 2.15. The van der Waals surface area contributed by atoms with Gasteiger partial charge < -0.3 is 20.5 Å². The maximum absolute atomic E-state index is 12.2. The number of urea groups is 1. The van der Waals surface area contributed by atoms with Gasteiger partial charge in [0.15, 0.2) is 0 Å². The topological polar surface area (TPSA) is 88.0 Å². The van der Waals surface area contributed by atoms with Gasteiger partial charge in [-0.1, -0.05) is 12.1 Å². The van der Waals surface area contributed by atoms with Crippen molar-refractivity contribution in [3.8, 4) is 5.69 Å². The second kappa shape index (κ2) is 7.83. The molecule has 7 nitrogen and oxygen atoms in total. The summed E-state index contributed by atoms with van der Waals surface area (Å²) in [4.78, 5) is 28.1. The predicted molar refractivity (Wildman–Crippen MR) is 94.3 cm³/mol. The fourth-order valence-electron chi connectivity index (χ4n) is 2.90. The summed E-state index contributed by atoms with van der Waals surface area (Å²) in [6.45, 7) is 2.59. The Balaban J connectivity index is 1.56. The number of benzene rings is 1. The van der Waals surface area contributed by atoms with E-state index in [4.69, 9.17) is 0 Å². The van der Waals surface area contributed by atoms with Crippen LogP contribution in [0.1, 0.15) is 37.8 Å². The second-order valence-electron chi connectivity index (χ2n) is 6.24.